The van der Waals surface area contributed by atoms with Crippen LogP contribution < -0.4 is 5.73 Å². The molecule has 0 bridgehead atoms. The Hall–Kier alpha value is -0.120. The van der Waals surface area contributed by atoms with Gasteiger partial charge in [0.2, 0.25) is 0 Å². The number of ether oxygens (including phenoxy) is 1. The molecule has 3 nitrogen and oxygen atoms in total. The number of rotatable bonds is 3. The fraction of sp³-hybridized carbons (Fsp3) is 1.00. The second-order valence-corrected chi connectivity index (χ2v) is 4.49. The quantitative estimate of drug-likeness (QED) is 0.741. The molecule has 1 heterocycles. The molecule has 0 aromatic heterocycles. The zero-order chi connectivity index (χ0) is 10.6. The normalized spacial score (nSPS) is 29.6. The summed E-state index contributed by atoms with van der Waals surface area (Å²) < 4.78 is 5.52. The molecule has 0 radical (unpaired) electrons. The molecule has 0 aromatic rings. The van der Waals surface area contributed by atoms with E-state index in [9.17, 15) is 0 Å². The Balaban J connectivity index is 2.47. The number of nitrogens with zero attached hydrogens (tertiary/aromatic N) is 1. The maximum Gasteiger partial charge on any atom is 0.0593 e. The highest BCUT2D eigenvalue weighted by atomic mass is 16.5. The van der Waals surface area contributed by atoms with Crippen LogP contribution in [0.5, 0.6) is 0 Å². The SMILES string of the molecule is CCC(N)C(C)N1CCOCC(C)C1. The molecule has 0 aromatic carbocycles. The van der Waals surface area contributed by atoms with Crippen molar-refractivity contribution >= 4 is 0 Å². The molecule has 3 heteroatoms. The van der Waals surface area contributed by atoms with Gasteiger partial charge >= 0.3 is 0 Å². The van der Waals surface area contributed by atoms with Gasteiger partial charge in [-0.25, -0.2) is 0 Å². The maximum absolute atomic E-state index is 6.06. The Kier molecular flexibility index (Phi) is 4.85. The van der Waals surface area contributed by atoms with E-state index in [1.807, 2.05) is 0 Å². The fourth-order valence-corrected chi connectivity index (χ4v) is 1.99. The third-order valence-corrected chi connectivity index (χ3v) is 3.14. The highest BCUT2D eigenvalue weighted by Gasteiger charge is 2.22. The molecular formula is C11H24N2O. The molecular weight excluding hydrogens is 176 g/mol. The first-order valence-electron chi connectivity index (χ1n) is 5.72. The lowest BCUT2D eigenvalue weighted by Gasteiger charge is -2.32. The minimum absolute atomic E-state index is 0.292. The van der Waals surface area contributed by atoms with E-state index in [0.717, 1.165) is 32.7 Å². The van der Waals surface area contributed by atoms with Crippen LogP contribution in [0.2, 0.25) is 0 Å². The van der Waals surface area contributed by atoms with Gasteiger partial charge in [-0.15, -0.1) is 0 Å². The summed E-state index contributed by atoms with van der Waals surface area (Å²) in [5, 5.41) is 0. The number of nitrogens with two attached hydrogens (primary N) is 1. The van der Waals surface area contributed by atoms with Crippen molar-refractivity contribution in [1.82, 2.24) is 4.90 Å². The summed E-state index contributed by atoms with van der Waals surface area (Å²) in [6.07, 6.45) is 1.05. The second-order valence-electron chi connectivity index (χ2n) is 4.49. The van der Waals surface area contributed by atoms with E-state index in [4.69, 9.17) is 10.5 Å². The lowest BCUT2D eigenvalue weighted by atomic mass is 10.1. The lowest BCUT2D eigenvalue weighted by Crippen LogP contribution is -2.47. The Morgan fingerprint density at radius 3 is 2.93 bits per heavy atom. The molecule has 0 spiro atoms. The van der Waals surface area contributed by atoms with Crippen LogP contribution in [0.25, 0.3) is 0 Å². The largest absolute Gasteiger partial charge is 0.380 e. The van der Waals surface area contributed by atoms with Crippen molar-refractivity contribution in [3.05, 3.63) is 0 Å². The average molecular weight is 200 g/mol. The summed E-state index contributed by atoms with van der Waals surface area (Å²) in [5.41, 5.74) is 6.06. The fourth-order valence-electron chi connectivity index (χ4n) is 1.99. The summed E-state index contributed by atoms with van der Waals surface area (Å²) in [4.78, 5) is 2.46. The van der Waals surface area contributed by atoms with Crippen LogP contribution in [0.1, 0.15) is 27.2 Å². The van der Waals surface area contributed by atoms with E-state index in [0.29, 0.717) is 18.0 Å². The zero-order valence-electron chi connectivity index (χ0n) is 9.70. The summed E-state index contributed by atoms with van der Waals surface area (Å²) in [5.74, 6) is 0.629. The van der Waals surface area contributed by atoms with Crippen LogP contribution in [0.15, 0.2) is 0 Å². The molecule has 1 fully saturated rings. The maximum atomic E-state index is 6.06. The van der Waals surface area contributed by atoms with Crippen LogP contribution in [0.4, 0.5) is 0 Å². The smallest absolute Gasteiger partial charge is 0.0593 e. The number of hydrogen-bond donors (Lipinski definition) is 1. The van der Waals surface area contributed by atoms with Gasteiger partial charge in [-0.1, -0.05) is 13.8 Å². The first-order valence-corrected chi connectivity index (χ1v) is 5.72. The summed E-state index contributed by atoms with van der Waals surface area (Å²) >= 11 is 0. The molecule has 3 unspecified atom stereocenters. The van der Waals surface area contributed by atoms with Crippen LogP contribution in [0, 0.1) is 5.92 Å². The van der Waals surface area contributed by atoms with Crippen LogP contribution in [-0.2, 0) is 4.74 Å². The van der Waals surface area contributed by atoms with Gasteiger partial charge in [0.05, 0.1) is 13.2 Å². The van der Waals surface area contributed by atoms with Gasteiger partial charge in [0.15, 0.2) is 0 Å². The highest BCUT2D eigenvalue weighted by Crippen LogP contribution is 2.12. The molecule has 0 aliphatic carbocycles. The number of hydrogen-bond acceptors (Lipinski definition) is 3. The summed E-state index contributed by atoms with van der Waals surface area (Å²) in [6, 6.07) is 0.768. The third kappa shape index (κ3) is 3.23. The molecule has 14 heavy (non-hydrogen) atoms. The first kappa shape index (κ1) is 12.0. The van der Waals surface area contributed by atoms with Crippen molar-refractivity contribution in [1.29, 1.82) is 0 Å². The van der Waals surface area contributed by atoms with Crippen molar-refractivity contribution in [2.75, 3.05) is 26.3 Å². The van der Waals surface area contributed by atoms with Crippen molar-refractivity contribution in [3.63, 3.8) is 0 Å². The van der Waals surface area contributed by atoms with E-state index < -0.39 is 0 Å². The molecule has 1 saturated heterocycles. The Labute approximate surface area is 87.6 Å². The predicted molar refractivity (Wildman–Crippen MR) is 59.3 cm³/mol. The van der Waals surface area contributed by atoms with Gasteiger partial charge in [0, 0.05) is 25.2 Å². The van der Waals surface area contributed by atoms with Gasteiger partial charge in [-0.3, -0.25) is 4.90 Å². The second kappa shape index (κ2) is 5.69. The monoisotopic (exact) mass is 200 g/mol. The topological polar surface area (TPSA) is 38.5 Å². The minimum atomic E-state index is 0.292. The first-order chi connectivity index (χ1) is 6.65. The Bertz CT molecular complexity index is 163. The lowest BCUT2D eigenvalue weighted by molar-refractivity contribution is 0.122. The van der Waals surface area contributed by atoms with Crippen molar-refractivity contribution in [2.45, 2.75) is 39.3 Å². The Morgan fingerprint density at radius 2 is 2.29 bits per heavy atom. The molecule has 2 N–H and O–H groups in total. The van der Waals surface area contributed by atoms with Gasteiger partial charge in [-0.05, 0) is 19.3 Å². The van der Waals surface area contributed by atoms with Crippen molar-refractivity contribution in [2.24, 2.45) is 11.7 Å². The molecule has 0 amide bonds. The standard InChI is InChI=1S/C11H24N2O/c1-4-11(12)10(3)13-5-6-14-8-9(2)7-13/h9-11H,4-8,12H2,1-3H3. The van der Waals surface area contributed by atoms with E-state index in [1.54, 1.807) is 0 Å². The van der Waals surface area contributed by atoms with Gasteiger partial charge in [0.25, 0.3) is 0 Å². The van der Waals surface area contributed by atoms with Gasteiger partial charge in [-0.2, -0.15) is 0 Å². The van der Waals surface area contributed by atoms with Crippen molar-refractivity contribution in [3.8, 4) is 0 Å². The minimum Gasteiger partial charge on any atom is -0.380 e. The highest BCUT2D eigenvalue weighted by molar-refractivity contribution is 4.79. The molecule has 3 atom stereocenters. The molecule has 84 valence electrons. The average Bonchev–Trinajstić information content (AvgIpc) is 2.40. The van der Waals surface area contributed by atoms with Crippen molar-refractivity contribution < 1.29 is 4.74 Å². The van der Waals surface area contributed by atoms with Crippen LogP contribution in [-0.4, -0.2) is 43.3 Å². The summed E-state index contributed by atoms with van der Waals surface area (Å²) in [6.45, 7) is 10.5. The summed E-state index contributed by atoms with van der Waals surface area (Å²) in [7, 11) is 0. The molecule has 1 rings (SSSR count). The van der Waals surface area contributed by atoms with E-state index >= 15 is 0 Å². The van der Waals surface area contributed by atoms with Gasteiger partial charge < -0.3 is 10.5 Å². The van der Waals surface area contributed by atoms with E-state index in [1.165, 1.54) is 0 Å². The van der Waals surface area contributed by atoms with E-state index in [2.05, 4.69) is 25.7 Å². The van der Waals surface area contributed by atoms with Gasteiger partial charge in [0.1, 0.15) is 0 Å². The van der Waals surface area contributed by atoms with Crippen LogP contribution in [0.3, 0.4) is 0 Å². The molecule has 1 aliphatic rings. The predicted octanol–water partition coefficient (Wildman–Crippen LogP) is 1.08. The Morgan fingerprint density at radius 1 is 1.57 bits per heavy atom. The zero-order valence-corrected chi connectivity index (χ0v) is 9.70. The third-order valence-electron chi connectivity index (χ3n) is 3.14. The van der Waals surface area contributed by atoms with Crippen LogP contribution >= 0.6 is 0 Å². The molecule has 1 aliphatic heterocycles. The molecule has 0 saturated carbocycles. The van der Waals surface area contributed by atoms with E-state index in [-0.39, 0.29) is 0 Å².